The van der Waals surface area contributed by atoms with E-state index in [1.807, 2.05) is 0 Å². The Hall–Kier alpha value is -7.15. The highest BCUT2D eigenvalue weighted by atomic mass is 35.5. The normalized spacial score (nSPS) is 10.8. The number of halogens is 2. The molecule has 4 N–H and O–H groups in total. The quantitative estimate of drug-likeness (QED) is 0.133. The van der Waals surface area contributed by atoms with Crippen molar-refractivity contribution in [3.8, 4) is 17.4 Å². The lowest BCUT2D eigenvalue weighted by molar-refractivity contribution is 0.0683. The average Bonchev–Trinajstić information content (AvgIpc) is 3.86. The predicted molar refractivity (Wildman–Crippen MR) is 173 cm³/mol. The molecule has 1 aromatic carbocycles. The van der Waals surface area contributed by atoms with Crippen LogP contribution in [0.3, 0.4) is 0 Å². The molecule has 20 heteroatoms. The molecule has 0 saturated carbocycles. The fraction of sp³-hybridized carbons (Fsp3) is 0.0645. The summed E-state index contributed by atoms with van der Waals surface area (Å²) in [5.41, 5.74) is -1.69. The molecule has 256 valence electrons. The maximum atomic E-state index is 15.0. The van der Waals surface area contributed by atoms with Gasteiger partial charge in [-0.1, -0.05) is 11.6 Å². The zero-order valence-corrected chi connectivity index (χ0v) is 26.4. The fourth-order valence-corrected chi connectivity index (χ4v) is 4.74. The number of amides is 2. The van der Waals surface area contributed by atoms with Gasteiger partial charge >= 0.3 is 11.9 Å². The molecule has 6 rings (SSSR count). The topological polar surface area (TPSA) is 242 Å². The Kier molecular flexibility index (Phi) is 9.62. The highest BCUT2D eigenvalue weighted by Gasteiger charge is 2.22. The minimum Gasteiger partial charge on any atom is -0.490 e. The molecule has 0 aliphatic carbocycles. The first-order valence-electron chi connectivity index (χ1n) is 14.5. The summed E-state index contributed by atoms with van der Waals surface area (Å²) >= 11 is 6.24. The van der Waals surface area contributed by atoms with Crippen LogP contribution >= 0.6 is 11.6 Å². The van der Waals surface area contributed by atoms with Gasteiger partial charge in [0.2, 0.25) is 0 Å². The predicted octanol–water partition coefficient (Wildman–Crippen LogP) is 3.35. The van der Waals surface area contributed by atoms with Crippen molar-refractivity contribution in [3.63, 3.8) is 0 Å². The molecular formula is C31H21ClFN11O7. The van der Waals surface area contributed by atoms with E-state index in [0.717, 1.165) is 6.07 Å². The third kappa shape index (κ3) is 7.62. The molecule has 0 aliphatic rings. The minimum absolute atomic E-state index is 0.0747. The molecule has 6 aromatic rings. The number of nitrogens with zero attached hydrogens (tertiary/aromatic N) is 9. The number of carboxylic acid groups (broad SMARTS) is 2. The van der Waals surface area contributed by atoms with Gasteiger partial charge in [0.15, 0.2) is 40.3 Å². The van der Waals surface area contributed by atoms with E-state index < -0.39 is 46.6 Å². The molecule has 0 spiro atoms. The summed E-state index contributed by atoms with van der Waals surface area (Å²) in [5, 5.41) is 39.5. The Balaban J connectivity index is 1.16. The SMILES string of the molecule is O=C(Nc1cc(OCCc2cc(NC(=O)c3ccc(-n4ccnc4)nn3)c(C(=O)O)nc2Cl)c(F)cc1C(=O)O)c1ccc(-n2ccnc2)nn1. The highest BCUT2D eigenvalue weighted by molar-refractivity contribution is 6.30. The number of benzene rings is 1. The van der Waals surface area contributed by atoms with Crippen LogP contribution in [-0.2, 0) is 6.42 Å². The van der Waals surface area contributed by atoms with E-state index in [-0.39, 0.29) is 46.5 Å². The van der Waals surface area contributed by atoms with Crippen LogP contribution in [0.5, 0.6) is 5.75 Å². The van der Waals surface area contributed by atoms with Crippen LogP contribution in [0.1, 0.15) is 47.4 Å². The van der Waals surface area contributed by atoms with Crippen LogP contribution in [0, 0.1) is 5.82 Å². The molecule has 0 bridgehead atoms. The molecule has 5 heterocycles. The summed E-state index contributed by atoms with van der Waals surface area (Å²) in [4.78, 5) is 61.3. The Morgan fingerprint density at radius 2 is 1.37 bits per heavy atom. The number of carbonyl (C=O) groups is 4. The van der Waals surface area contributed by atoms with Crippen LogP contribution in [0.25, 0.3) is 11.6 Å². The minimum atomic E-state index is -1.52. The molecule has 5 aromatic heterocycles. The molecule has 0 radical (unpaired) electrons. The van der Waals surface area contributed by atoms with E-state index in [1.54, 1.807) is 21.5 Å². The summed E-state index contributed by atoms with van der Waals surface area (Å²) in [6.45, 7) is -0.277. The number of hydrogen-bond donors (Lipinski definition) is 4. The molecule has 0 atom stereocenters. The second-order valence-electron chi connectivity index (χ2n) is 10.3. The van der Waals surface area contributed by atoms with Crippen LogP contribution in [0.15, 0.2) is 79.9 Å². The first-order chi connectivity index (χ1) is 24.6. The molecule has 0 unspecified atom stereocenters. The number of rotatable bonds is 12. The maximum Gasteiger partial charge on any atom is 0.356 e. The van der Waals surface area contributed by atoms with Crippen molar-refractivity contribution < 1.29 is 38.5 Å². The van der Waals surface area contributed by atoms with Gasteiger partial charge in [-0.2, -0.15) is 0 Å². The standard InChI is InChI=1S/C31H21ClFN11O7/c32-27-16(11-22(26(38-27)31(49)50)37-29(46)20-2-4-25(42-40-20)44-9-7-35-15-44)5-10-51-23-13-21(17(30(47)48)12-18(23)33)36-28(45)19-1-3-24(41-39-19)43-8-6-34-14-43/h1-4,6-9,11-15H,5,10H2,(H,36,45)(H,37,46)(H,47,48)(H,49,50). The zero-order valence-electron chi connectivity index (χ0n) is 25.6. The van der Waals surface area contributed by atoms with Crippen molar-refractivity contribution in [2.45, 2.75) is 6.42 Å². The van der Waals surface area contributed by atoms with Crippen LogP contribution < -0.4 is 15.4 Å². The second-order valence-corrected chi connectivity index (χ2v) is 10.6. The van der Waals surface area contributed by atoms with Gasteiger partial charge in [0.1, 0.15) is 17.8 Å². The molecule has 0 aliphatic heterocycles. The van der Waals surface area contributed by atoms with Crippen LogP contribution in [0.4, 0.5) is 15.8 Å². The van der Waals surface area contributed by atoms with Crippen LogP contribution in [0.2, 0.25) is 5.15 Å². The number of carbonyl (C=O) groups excluding carboxylic acids is 2. The summed E-state index contributed by atoms with van der Waals surface area (Å²) in [5.74, 6) is -5.32. The van der Waals surface area contributed by atoms with Crippen LogP contribution in [-0.4, -0.2) is 85.1 Å². The molecule has 18 nitrogen and oxygen atoms in total. The molecule has 2 amide bonds. The van der Waals surface area contributed by atoms with E-state index in [2.05, 4.69) is 46.0 Å². The van der Waals surface area contributed by atoms with Crippen molar-refractivity contribution >= 4 is 46.7 Å². The van der Waals surface area contributed by atoms with Gasteiger partial charge in [-0.25, -0.2) is 28.9 Å². The van der Waals surface area contributed by atoms with Gasteiger partial charge in [0.05, 0.1) is 23.5 Å². The van der Waals surface area contributed by atoms with Crippen molar-refractivity contribution in [3.05, 3.63) is 119 Å². The van der Waals surface area contributed by atoms with E-state index in [0.29, 0.717) is 17.7 Å². The lowest BCUT2D eigenvalue weighted by Crippen LogP contribution is -2.19. The summed E-state index contributed by atoms with van der Waals surface area (Å²) in [6, 6.07) is 8.67. The summed E-state index contributed by atoms with van der Waals surface area (Å²) in [6.07, 6.45) is 9.22. The largest absolute Gasteiger partial charge is 0.490 e. The summed E-state index contributed by atoms with van der Waals surface area (Å²) in [7, 11) is 0. The van der Waals surface area contributed by atoms with E-state index in [4.69, 9.17) is 16.3 Å². The van der Waals surface area contributed by atoms with Crippen molar-refractivity contribution in [1.29, 1.82) is 0 Å². The van der Waals surface area contributed by atoms with E-state index in [9.17, 15) is 33.8 Å². The number of aromatic carboxylic acids is 2. The monoisotopic (exact) mass is 713 g/mol. The molecule has 51 heavy (non-hydrogen) atoms. The molecule has 0 fully saturated rings. The fourth-order valence-electron chi connectivity index (χ4n) is 4.51. The van der Waals surface area contributed by atoms with Gasteiger partial charge in [-0.3, -0.25) is 18.7 Å². The Labute approximate surface area is 289 Å². The van der Waals surface area contributed by atoms with Gasteiger partial charge in [0, 0.05) is 37.3 Å². The number of nitrogens with one attached hydrogen (secondary N) is 2. The van der Waals surface area contributed by atoms with E-state index in [1.165, 1.54) is 55.4 Å². The lowest BCUT2D eigenvalue weighted by atomic mass is 10.1. The van der Waals surface area contributed by atoms with Gasteiger partial charge in [-0.15, -0.1) is 20.4 Å². The van der Waals surface area contributed by atoms with Gasteiger partial charge in [0.25, 0.3) is 11.8 Å². The molecular weight excluding hydrogens is 693 g/mol. The van der Waals surface area contributed by atoms with Crippen molar-refractivity contribution in [1.82, 2.24) is 44.5 Å². The van der Waals surface area contributed by atoms with Crippen molar-refractivity contribution in [2.24, 2.45) is 0 Å². The first kappa shape index (κ1) is 33.7. The third-order valence-electron chi connectivity index (χ3n) is 6.98. The molecule has 0 saturated heterocycles. The summed E-state index contributed by atoms with van der Waals surface area (Å²) < 4.78 is 23.6. The number of hydrogen-bond acceptors (Lipinski definition) is 12. The number of imidazole rings is 2. The van der Waals surface area contributed by atoms with E-state index >= 15 is 0 Å². The number of pyridine rings is 1. The Morgan fingerprint density at radius 1 is 0.784 bits per heavy atom. The first-order valence-corrected chi connectivity index (χ1v) is 14.8. The third-order valence-corrected chi connectivity index (χ3v) is 7.31. The number of ether oxygens (including phenoxy) is 1. The Morgan fingerprint density at radius 3 is 1.86 bits per heavy atom. The zero-order chi connectivity index (χ0) is 36.1. The van der Waals surface area contributed by atoms with Crippen molar-refractivity contribution in [2.75, 3.05) is 17.2 Å². The van der Waals surface area contributed by atoms with Gasteiger partial charge < -0.3 is 25.6 Å². The number of anilines is 2. The maximum absolute atomic E-state index is 15.0. The second kappa shape index (κ2) is 14.5. The van der Waals surface area contributed by atoms with Gasteiger partial charge in [-0.05, 0) is 42.0 Å². The smallest absolute Gasteiger partial charge is 0.356 e. The lowest BCUT2D eigenvalue weighted by Gasteiger charge is -2.14. The number of aromatic nitrogens is 9. The Bertz CT molecular complexity index is 2090. The average molecular weight is 714 g/mol. The highest BCUT2D eigenvalue weighted by Crippen LogP contribution is 2.28. The number of carboxylic acids is 2.